The van der Waals surface area contributed by atoms with Crippen LogP contribution in [-0.2, 0) is 17.8 Å². The van der Waals surface area contributed by atoms with E-state index in [0.29, 0.717) is 18.2 Å². The summed E-state index contributed by atoms with van der Waals surface area (Å²) in [4.78, 5) is 19.8. The maximum Gasteiger partial charge on any atom is 0.320 e. The fourth-order valence-electron chi connectivity index (χ4n) is 4.18. The van der Waals surface area contributed by atoms with E-state index in [-0.39, 0.29) is 18.8 Å². The number of halogens is 1. The lowest BCUT2D eigenvalue weighted by molar-refractivity contribution is -0.138. The SMILES string of the molecule is COc1cccc(-c2cccc(Cn3ccc4c(Oc5ccc(C[C@H](N)C(=O)O)cc5)ncnc43)c2)c1.Cl. The molecule has 38 heavy (non-hydrogen) atoms. The van der Waals surface area contributed by atoms with Crippen LogP contribution < -0.4 is 15.2 Å². The van der Waals surface area contributed by atoms with E-state index in [1.807, 2.05) is 36.5 Å². The average molecular weight is 531 g/mol. The van der Waals surface area contributed by atoms with Crippen molar-refractivity contribution < 1.29 is 19.4 Å². The number of carboxylic acids is 1. The molecule has 0 radical (unpaired) electrons. The van der Waals surface area contributed by atoms with Gasteiger partial charge >= 0.3 is 5.97 Å². The third kappa shape index (κ3) is 5.94. The van der Waals surface area contributed by atoms with Gasteiger partial charge in [0.2, 0.25) is 5.88 Å². The molecular weight excluding hydrogens is 504 g/mol. The standard InChI is InChI=1S/C29H26N4O4.ClH/c1-36-24-7-3-6-22(16-24)21-5-2-4-20(14-21)17-33-13-12-25-27(33)31-18-32-28(25)37-23-10-8-19(9-11-23)15-26(30)29(34)35;/h2-14,16,18,26H,15,17,30H2,1H3,(H,34,35);1H/t26-;/m0./s1. The number of nitrogens with zero attached hydrogens (tertiary/aromatic N) is 3. The van der Waals surface area contributed by atoms with E-state index in [2.05, 4.69) is 38.8 Å². The van der Waals surface area contributed by atoms with Crippen LogP contribution in [0.3, 0.4) is 0 Å². The van der Waals surface area contributed by atoms with Gasteiger partial charge in [-0.25, -0.2) is 9.97 Å². The summed E-state index contributed by atoms with van der Waals surface area (Å²) < 4.78 is 13.5. The average Bonchev–Trinajstić information content (AvgIpc) is 3.33. The highest BCUT2D eigenvalue weighted by Gasteiger charge is 2.14. The summed E-state index contributed by atoms with van der Waals surface area (Å²) >= 11 is 0. The molecule has 0 saturated carbocycles. The largest absolute Gasteiger partial charge is 0.497 e. The van der Waals surface area contributed by atoms with E-state index >= 15 is 0 Å². The zero-order chi connectivity index (χ0) is 25.8. The molecule has 0 aliphatic carbocycles. The molecule has 1 atom stereocenters. The Bertz CT molecular complexity index is 1550. The number of hydrogen-bond donors (Lipinski definition) is 2. The van der Waals surface area contributed by atoms with Crippen LogP contribution >= 0.6 is 12.4 Å². The molecule has 0 aliphatic rings. The highest BCUT2D eigenvalue weighted by molar-refractivity contribution is 5.85. The molecule has 0 unspecified atom stereocenters. The predicted molar refractivity (Wildman–Crippen MR) is 148 cm³/mol. The second-order valence-electron chi connectivity index (χ2n) is 8.69. The van der Waals surface area contributed by atoms with Crippen molar-refractivity contribution in [1.82, 2.24) is 14.5 Å². The number of carboxylic acid groups (broad SMARTS) is 1. The molecule has 194 valence electrons. The summed E-state index contributed by atoms with van der Waals surface area (Å²) in [6.45, 7) is 0.635. The quantitative estimate of drug-likeness (QED) is 0.265. The minimum absolute atomic E-state index is 0. The van der Waals surface area contributed by atoms with Gasteiger partial charge in [0.1, 0.15) is 29.5 Å². The molecule has 0 spiro atoms. The van der Waals surface area contributed by atoms with E-state index < -0.39 is 12.0 Å². The molecule has 3 N–H and O–H groups in total. The topological polar surface area (TPSA) is 112 Å². The lowest BCUT2D eigenvalue weighted by Gasteiger charge is -2.10. The van der Waals surface area contributed by atoms with Crippen LogP contribution in [0.2, 0.25) is 0 Å². The summed E-state index contributed by atoms with van der Waals surface area (Å²) in [5, 5.41) is 9.80. The van der Waals surface area contributed by atoms with E-state index in [1.165, 1.54) is 6.33 Å². The van der Waals surface area contributed by atoms with Gasteiger partial charge in [0, 0.05) is 12.7 Å². The zero-order valence-electron chi connectivity index (χ0n) is 20.7. The fraction of sp³-hybridized carbons (Fsp3) is 0.138. The molecule has 0 fully saturated rings. The first kappa shape index (κ1) is 26.7. The van der Waals surface area contributed by atoms with Gasteiger partial charge in [-0.3, -0.25) is 4.79 Å². The van der Waals surface area contributed by atoms with Crippen LogP contribution in [-0.4, -0.2) is 38.8 Å². The van der Waals surface area contributed by atoms with Gasteiger partial charge in [-0.05, 0) is 65.1 Å². The number of nitrogens with two attached hydrogens (primary N) is 1. The van der Waals surface area contributed by atoms with Gasteiger partial charge in [-0.2, -0.15) is 0 Å². The number of aliphatic carboxylic acids is 1. The van der Waals surface area contributed by atoms with Crippen molar-refractivity contribution in [2.45, 2.75) is 19.0 Å². The summed E-state index contributed by atoms with van der Waals surface area (Å²) in [5.74, 6) is 0.831. The Balaban J connectivity index is 0.00000336. The van der Waals surface area contributed by atoms with Crippen LogP contribution in [0, 0.1) is 0 Å². The predicted octanol–water partition coefficient (Wildman–Crippen LogP) is 5.32. The molecule has 0 aliphatic heterocycles. The van der Waals surface area contributed by atoms with E-state index in [9.17, 15) is 4.79 Å². The maximum absolute atomic E-state index is 11.0. The molecule has 5 aromatic rings. The first-order valence-electron chi connectivity index (χ1n) is 11.8. The van der Waals surface area contributed by atoms with Gasteiger partial charge in [0.15, 0.2) is 0 Å². The van der Waals surface area contributed by atoms with Crippen LogP contribution in [0.4, 0.5) is 0 Å². The van der Waals surface area contributed by atoms with Crippen molar-refractivity contribution in [3.63, 3.8) is 0 Å². The zero-order valence-corrected chi connectivity index (χ0v) is 21.5. The van der Waals surface area contributed by atoms with Crippen molar-refractivity contribution in [1.29, 1.82) is 0 Å². The Morgan fingerprint density at radius 2 is 1.68 bits per heavy atom. The molecule has 2 aromatic heterocycles. The van der Waals surface area contributed by atoms with Gasteiger partial charge in [-0.15, -0.1) is 12.4 Å². The number of hydrogen-bond acceptors (Lipinski definition) is 6. The molecule has 5 rings (SSSR count). The first-order chi connectivity index (χ1) is 18.0. The van der Waals surface area contributed by atoms with Crippen LogP contribution in [0.25, 0.3) is 22.2 Å². The highest BCUT2D eigenvalue weighted by atomic mass is 35.5. The molecule has 0 bridgehead atoms. The molecule has 8 nitrogen and oxygen atoms in total. The van der Waals surface area contributed by atoms with Gasteiger partial charge < -0.3 is 24.9 Å². The number of rotatable bonds is 9. The molecule has 2 heterocycles. The lowest BCUT2D eigenvalue weighted by Crippen LogP contribution is -2.32. The summed E-state index contributed by atoms with van der Waals surface area (Å²) in [6.07, 6.45) is 3.71. The number of methoxy groups -OCH3 is 1. The van der Waals surface area contributed by atoms with Crippen molar-refractivity contribution in [2.75, 3.05) is 7.11 Å². The molecule has 9 heteroatoms. The van der Waals surface area contributed by atoms with Crippen LogP contribution in [0.15, 0.2) is 91.4 Å². The molecule has 3 aromatic carbocycles. The smallest absolute Gasteiger partial charge is 0.320 e. The molecular formula is C29H27ClN4O4. The Labute approximate surface area is 226 Å². The Morgan fingerprint density at radius 1 is 0.947 bits per heavy atom. The summed E-state index contributed by atoms with van der Waals surface area (Å²) in [5.41, 5.74) is 10.5. The van der Waals surface area contributed by atoms with E-state index in [1.54, 1.807) is 31.4 Å². The Kier molecular flexibility index (Phi) is 8.25. The second kappa shape index (κ2) is 11.8. The Morgan fingerprint density at radius 3 is 2.42 bits per heavy atom. The number of fused-ring (bicyclic) bond motifs is 1. The third-order valence-electron chi connectivity index (χ3n) is 6.11. The highest BCUT2D eigenvalue weighted by Crippen LogP contribution is 2.29. The summed E-state index contributed by atoms with van der Waals surface area (Å²) in [7, 11) is 1.67. The minimum Gasteiger partial charge on any atom is -0.497 e. The minimum atomic E-state index is -1.03. The van der Waals surface area contributed by atoms with Crippen molar-refractivity contribution in [2.24, 2.45) is 5.73 Å². The molecule has 0 saturated heterocycles. The number of carbonyl (C=O) groups is 1. The third-order valence-corrected chi connectivity index (χ3v) is 6.11. The monoisotopic (exact) mass is 530 g/mol. The second-order valence-corrected chi connectivity index (χ2v) is 8.69. The van der Waals surface area contributed by atoms with Crippen LogP contribution in [0.1, 0.15) is 11.1 Å². The number of benzene rings is 3. The summed E-state index contributed by atoms with van der Waals surface area (Å²) in [6, 6.07) is 24.5. The van der Waals surface area contributed by atoms with E-state index in [0.717, 1.165) is 39.0 Å². The first-order valence-corrected chi connectivity index (χ1v) is 11.8. The Hall–Kier alpha value is -4.40. The normalized spacial score (nSPS) is 11.5. The van der Waals surface area contributed by atoms with Crippen LogP contribution in [0.5, 0.6) is 17.4 Å². The number of ether oxygens (including phenoxy) is 2. The van der Waals surface area contributed by atoms with Crippen molar-refractivity contribution in [3.8, 4) is 28.5 Å². The van der Waals surface area contributed by atoms with Crippen molar-refractivity contribution >= 4 is 29.4 Å². The maximum atomic E-state index is 11.0. The lowest BCUT2D eigenvalue weighted by atomic mass is 10.0. The molecule has 0 amide bonds. The fourth-order valence-corrected chi connectivity index (χ4v) is 4.18. The van der Waals surface area contributed by atoms with Gasteiger partial charge in [0.25, 0.3) is 0 Å². The van der Waals surface area contributed by atoms with Gasteiger partial charge in [-0.1, -0.05) is 42.5 Å². The van der Waals surface area contributed by atoms with Gasteiger partial charge in [0.05, 0.1) is 12.5 Å². The van der Waals surface area contributed by atoms with Crippen molar-refractivity contribution in [3.05, 3.63) is 103 Å². The van der Waals surface area contributed by atoms with E-state index in [4.69, 9.17) is 20.3 Å². The number of aromatic nitrogens is 3.